The highest BCUT2D eigenvalue weighted by atomic mass is 16.2. The van der Waals surface area contributed by atoms with Gasteiger partial charge in [-0.2, -0.15) is 9.59 Å². The third kappa shape index (κ3) is 11.8. The van der Waals surface area contributed by atoms with Gasteiger partial charge < -0.3 is 0 Å². The van der Waals surface area contributed by atoms with Crippen molar-refractivity contribution >= 4 is 11.9 Å². The first kappa shape index (κ1) is 13.6. The van der Waals surface area contributed by atoms with E-state index in [-0.39, 0.29) is 12.1 Å². The lowest BCUT2D eigenvalue weighted by atomic mass is 10.0. The van der Waals surface area contributed by atoms with Gasteiger partial charge >= 0.3 is 6.15 Å². The average molecular weight is 172 g/mol. The van der Waals surface area contributed by atoms with E-state index in [2.05, 4.69) is 6.92 Å². The topological polar surface area (TPSA) is 51.2 Å². The lowest BCUT2D eigenvalue weighted by Gasteiger charge is -2.00. The molecule has 0 unspecified atom stereocenters. The summed E-state index contributed by atoms with van der Waals surface area (Å²) in [4.78, 5) is 27.2. The molecule has 0 aromatic rings. The Kier molecular flexibility index (Phi) is 11.4. The Labute approximate surface area is 73.1 Å². The fourth-order valence-electron chi connectivity index (χ4n) is 0.640. The minimum Gasteiger partial charge on any atom is -0.299 e. The fourth-order valence-corrected chi connectivity index (χ4v) is 0.640. The van der Waals surface area contributed by atoms with Crippen LogP contribution < -0.4 is 0 Å². The van der Waals surface area contributed by atoms with Crippen molar-refractivity contribution in [3.8, 4) is 0 Å². The molecule has 0 rings (SSSR count). The molecule has 0 aliphatic rings. The SMILES string of the molecule is CCCCC(=O)C(C)C.O=C=O. The molecule has 0 aromatic heterocycles. The minimum atomic E-state index is 0.233. The van der Waals surface area contributed by atoms with Crippen molar-refractivity contribution in [3.63, 3.8) is 0 Å². The largest absolute Gasteiger partial charge is 0.373 e. The summed E-state index contributed by atoms with van der Waals surface area (Å²) in [5.41, 5.74) is 0. The molecule has 0 radical (unpaired) electrons. The third-order valence-electron chi connectivity index (χ3n) is 1.42. The van der Waals surface area contributed by atoms with Crippen LogP contribution in [-0.2, 0) is 14.4 Å². The zero-order valence-electron chi connectivity index (χ0n) is 7.92. The Hall–Kier alpha value is -0.950. The first-order chi connectivity index (χ1) is 5.59. The van der Waals surface area contributed by atoms with Crippen LogP contribution in [0, 0.1) is 5.92 Å². The van der Waals surface area contributed by atoms with E-state index in [0.717, 1.165) is 19.3 Å². The van der Waals surface area contributed by atoms with Gasteiger partial charge in [-0.3, -0.25) is 4.79 Å². The summed E-state index contributed by atoms with van der Waals surface area (Å²) in [6.07, 6.45) is 3.20. The maximum absolute atomic E-state index is 10.9. The van der Waals surface area contributed by atoms with E-state index in [1.807, 2.05) is 13.8 Å². The number of ketones is 1. The molecule has 0 atom stereocenters. The molecular formula is C9H16O3. The summed E-state index contributed by atoms with van der Waals surface area (Å²) in [5, 5.41) is 0. The Bertz CT molecular complexity index is 144. The summed E-state index contributed by atoms with van der Waals surface area (Å²) in [6.45, 7) is 6.02. The molecule has 0 N–H and O–H groups in total. The summed E-state index contributed by atoms with van der Waals surface area (Å²) in [7, 11) is 0. The van der Waals surface area contributed by atoms with Crippen LogP contribution in [0.25, 0.3) is 0 Å². The molecule has 70 valence electrons. The van der Waals surface area contributed by atoms with Gasteiger partial charge in [0.2, 0.25) is 0 Å². The number of rotatable bonds is 4. The Morgan fingerprint density at radius 2 is 1.75 bits per heavy atom. The van der Waals surface area contributed by atoms with E-state index in [1.165, 1.54) is 0 Å². The molecule has 0 saturated heterocycles. The van der Waals surface area contributed by atoms with E-state index in [1.54, 1.807) is 0 Å². The van der Waals surface area contributed by atoms with Gasteiger partial charge in [0.05, 0.1) is 0 Å². The summed E-state index contributed by atoms with van der Waals surface area (Å²) in [5.74, 6) is 0.633. The van der Waals surface area contributed by atoms with Gasteiger partial charge in [0.25, 0.3) is 0 Å². The first-order valence-corrected chi connectivity index (χ1v) is 4.12. The van der Waals surface area contributed by atoms with Crippen molar-refractivity contribution in [2.45, 2.75) is 40.0 Å². The van der Waals surface area contributed by atoms with Gasteiger partial charge in [0, 0.05) is 12.3 Å². The highest BCUT2D eigenvalue weighted by Crippen LogP contribution is 2.02. The predicted molar refractivity (Wildman–Crippen MR) is 44.4 cm³/mol. The molecule has 0 saturated carbocycles. The van der Waals surface area contributed by atoms with E-state index in [9.17, 15) is 4.79 Å². The molecular weight excluding hydrogens is 156 g/mol. The van der Waals surface area contributed by atoms with Crippen molar-refractivity contribution in [3.05, 3.63) is 0 Å². The minimum absolute atomic E-state index is 0.233. The van der Waals surface area contributed by atoms with E-state index < -0.39 is 0 Å². The van der Waals surface area contributed by atoms with E-state index in [0.29, 0.717) is 5.78 Å². The number of carbonyl (C=O) groups excluding carboxylic acids is 3. The lowest BCUT2D eigenvalue weighted by Crippen LogP contribution is -2.05. The van der Waals surface area contributed by atoms with Gasteiger partial charge in [-0.25, -0.2) is 0 Å². The van der Waals surface area contributed by atoms with Gasteiger partial charge in [-0.05, 0) is 6.42 Å². The van der Waals surface area contributed by atoms with Crippen LogP contribution in [-0.4, -0.2) is 11.9 Å². The Balaban J connectivity index is 0. The van der Waals surface area contributed by atoms with Crippen molar-refractivity contribution in [2.75, 3.05) is 0 Å². The van der Waals surface area contributed by atoms with Crippen molar-refractivity contribution in [2.24, 2.45) is 5.92 Å². The highest BCUT2D eigenvalue weighted by Gasteiger charge is 2.04. The molecule has 0 bridgehead atoms. The average Bonchev–Trinajstić information content (AvgIpc) is 2.01. The van der Waals surface area contributed by atoms with Crippen LogP contribution in [0.15, 0.2) is 0 Å². The van der Waals surface area contributed by atoms with Crippen LogP contribution in [0.1, 0.15) is 40.0 Å². The number of Topliss-reactive ketones (excluding diaryl/α,β-unsaturated/α-hetero) is 1. The highest BCUT2D eigenvalue weighted by molar-refractivity contribution is 5.80. The van der Waals surface area contributed by atoms with Crippen LogP contribution in [0.3, 0.4) is 0 Å². The van der Waals surface area contributed by atoms with Crippen LogP contribution in [0.5, 0.6) is 0 Å². The number of hydrogen-bond donors (Lipinski definition) is 0. The Morgan fingerprint density at radius 1 is 1.33 bits per heavy atom. The number of hydrogen-bond acceptors (Lipinski definition) is 3. The smallest absolute Gasteiger partial charge is 0.299 e. The molecule has 0 aliphatic heterocycles. The fraction of sp³-hybridized carbons (Fsp3) is 0.778. The van der Waals surface area contributed by atoms with Gasteiger partial charge in [0.15, 0.2) is 0 Å². The van der Waals surface area contributed by atoms with Crippen molar-refractivity contribution < 1.29 is 14.4 Å². The molecule has 0 heterocycles. The first-order valence-electron chi connectivity index (χ1n) is 4.12. The second kappa shape index (κ2) is 10.0. The monoisotopic (exact) mass is 172 g/mol. The molecule has 3 heteroatoms. The number of unbranched alkanes of at least 4 members (excludes halogenated alkanes) is 1. The Morgan fingerprint density at radius 3 is 2.00 bits per heavy atom. The van der Waals surface area contributed by atoms with Crippen LogP contribution in [0.4, 0.5) is 0 Å². The van der Waals surface area contributed by atoms with Gasteiger partial charge in [-0.15, -0.1) is 0 Å². The van der Waals surface area contributed by atoms with Crippen molar-refractivity contribution in [1.29, 1.82) is 0 Å². The van der Waals surface area contributed by atoms with Gasteiger partial charge in [0.1, 0.15) is 5.78 Å². The molecule has 0 amide bonds. The van der Waals surface area contributed by atoms with Gasteiger partial charge in [-0.1, -0.05) is 27.2 Å². The summed E-state index contributed by atoms with van der Waals surface area (Å²) >= 11 is 0. The molecule has 0 aliphatic carbocycles. The van der Waals surface area contributed by atoms with Crippen LogP contribution in [0.2, 0.25) is 0 Å². The maximum atomic E-state index is 10.9. The second-order valence-electron chi connectivity index (χ2n) is 2.81. The predicted octanol–water partition coefficient (Wildman–Crippen LogP) is 1.82. The second-order valence-corrected chi connectivity index (χ2v) is 2.81. The normalized spacial score (nSPS) is 8.33. The lowest BCUT2D eigenvalue weighted by molar-refractivity contribution is -0.191. The standard InChI is InChI=1S/C8H16O.CO2/c1-4-5-6-8(9)7(2)3;2-1-3/h7H,4-6H2,1-3H3;. The zero-order chi connectivity index (χ0) is 9.98. The van der Waals surface area contributed by atoms with Crippen LogP contribution >= 0.6 is 0 Å². The van der Waals surface area contributed by atoms with E-state index in [4.69, 9.17) is 9.59 Å². The summed E-state index contributed by atoms with van der Waals surface area (Å²) < 4.78 is 0. The molecule has 0 spiro atoms. The quantitative estimate of drug-likeness (QED) is 0.649. The van der Waals surface area contributed by atoms with Crippen molar-refractivity contribution in [1.82, 2.24) is 0 Å². The summed E-state index contributed by atoms with van der Waals surface area (Å²) in [6, 6.07) is 0. The maximum Gasteiger partial charge on any atom is 0.373 e. The zero-order valence-corrected chi connectivity index (χ0v) is 7.92. The third-order valence-corrected chi connectivity index (χ3v) is 1.42. The molecule has 0 fully saturated rings. The van der Waals surface area contributed by atoms with E-state index >= 15 is 0 Å². The molecule has 12 heavy (non-hydrogen) atoms. The molecule has 3 nitrogen and oxygen atoms in total. The number of carbonyl (C=O) groups is 1. The molecule has 0 aromatic carbocycles.